The molecule has 1 amide bonds. The summed E-state index contributed by atoms with van der Waals surface area (Å²) in [6, 6.07) is 1.54. The number of fused-ring (bicyclic) bond motifs is 1. The number of imidazole rings is 1. The van der Waals surface area contributed by atoms with Crippen molar-refractivity contribution >= 4 is 5.91 Å². The molecule has 120 valence electrons. The van der Waals surface area contributed by atoms with E-state index in [1.54, 1.807) is 0 Å². The Kier molecular flexibility index (Phi) is 3.68. The lowest BCUT2D eigenvalue weighted by molar-refractivity contribution is -0.120. The molecule has 22 heavy (non-hydrogen) atoms. The van der Waals surface area contributed by atoms with E-state index in [2.05, 4.69) is 27.9 Å². The average Bonchev–Trinajstić information content (AvgIpc) is 3.00. The van der Waals surface area contributed by atoms with Crippen LogP contribution in [0.2, 0.25) is 0 Å². The first-order valence-corrected chi connectivity index (χ1v) is 8.82. The molecular formula is C17H26N4O. The molecule has 0 aromatic carbocycles. The van der Waals surface area contributed by atoms with Crippen LogP contribution in [-0.2, 0) is 17.8 Å². The van der Waals surface area contributed by atoms with E-state index in [1.165, 1.54) is 25.7 Å². The Morgan fingerprint density at radius 3 is 2.77 bits per heavy atom. The first-order chi connectivity index (χ1) is 10.7. The molecular weight excluding hydrogens is 276 g/mol. The van der Waals surface area contributed by atoms with Crippen molar-refractivity contribution in [3.63, 3.8) is 0 Å². The van der Waals surface area contributed by atoms with Crippen molar-refractivity contribution in [2.45, 2.75) is 76.5 Å². The molecule has 0 saturated heterocycles. The number of nitrogens with one attached hydrogen (secondary N) is 1. The lowest BCUT2D eigenvalue weighted by atomic mass is 10.1. The third-order valence-electron chi connectivity index (χ3n) is 5.41. The van der Waals surface area contributed by atoms with Crippen LogP contribution in [0.3, 0.4) is 0 Å². The Balaban J connectivity index is 1.45. The van der Waals surface area contributed by atoms with Gasteiger partial charge in [-0.15, -0.1) is 0 Å². The Hall–Kier alpha value is -1.36. The fourth-order valence-electron chi connectivity index (χ4n) is 4.05. The molecule has 0 bridgehead atoms. The van der Waals surface area contributed by atoms with Crippen LogP contribution in [0.15, 0.2) is 6.20 Å². The van der Waals surface area contributed by atoms with Crippen LogP contribution in [0.4, 0.5) is 0 Å². The molecule has 0 radical (unpaired) electrons. The Morgan fingerprint density at radius 2 is 2.05 bits per heavy atom. The van der Waals surface area contributed by atoms with Crippen LogP contribution in [0.5, 0.6) is 0 Å². The highest BCUT2D eigenvalue weighted by Gasteiger charge is 2.33. The van der Waals surface area contributed by atoms with Crippen molar-refractivity contribution in [1.29, 1.82) is 0 Å². The summed E-state index contributed by atoms with van der Waals surface area (Å²) in [5.41, 5.74) is 0.924. The minimum absolute atomic E-state index is 0.123. The summed E-state index contributed by atoms with van der Waals surface area (Å²) in [5, 5.41) is 3.05. The van der Waals surface area contributed by atoms with Crippen molar-refractivity contribution < 1.29 is 4.79 Å². The second kappa shape index (κ2) is 5.69. The maximum absolute atomic E-state index is 12.0. The van der Waals surface area contributed by atoms with Gasteiger partial charge in [-0.05, 0) is 32.6 Å². The fraction of sp³-hybridized carbons (Fsp3) is 0.765. The van der Waals surface area contributed by atoms with Crippen molar-refractivity contribution in [3.8, 4) is 0 Å². The van der Waals surface area contributed by atoms with Crippen LogP contribution in [0.1, 0.15) is 63.0 Å². The van der Waals surface area contributed by atoms with Gasteiger partial charge in [0.15, 0.2) is 0 Å². The van der Waals surface area contributed by atoms with Crippen LogP contribution >= 0.6 is 0 Å². The van der Waals surface area contributed by atoms with Gasteiger partial charge < -0.3 is 9.88 Å². The van der Waals surface area contributed by atoms with Gasteiger partial charge in [0, 0.05) is 31.4 Å². The number of carbonyl (C=O) groups is 1. The normalized spacial score (nSPS) is 26.1. The maximum atomic E-state index is 12.0. The van der Waals surface area contributed by atoms with E-state index in [4.69, 9.17) is 4.98 Å². The Bertz CT molecular complexity index is 557. The molecule has 1 aromatic rings. The van der Waals surface area contributed by atoms with Gasteiger partial charge in [-0.25, -0.2) is 4.98 Å². The van der Waals surface area contributed by atoms with Gasteiger partial charge in [0.05, 0.1) is 18.2 Å². The van der Waals surface area contributed by atoms with Crippen LogP contribution in [0, 0.1) is 0 Å². The van der Waals surface area contributed by atoms with E-state index in [0.717, 1.165) is 43.5 Å². The Labute approximate surface area is 132 Å². The van der Waals surface area contributed by atoms with Gasteiger partial charge in [-0.3, -0.25) is 9.69 Å². The molecule has 1 N–H and O–H groups in total. The lowest BCUT2D eigenvalue weighted by Gasteiger charge is -2.38. The van der Waals surface area contributed by atoms with E-state index in [0.29, 0.717) is 18.5 Å². The average molecular weight is 302 g/mol. The predicted molar refractivity (Wildman–Crippen MR) is 84.5 cm³/mol. The highest BCUT2D eigenvalue weighted by Crippen LogP contribution is 2.33. The van der Waals surface area contributed by atoms with Gasteiger partial charge in [0.25, 0.3) is 0 Å². The molecule has 0 unspecified atom stereocenters. The van der Waals surface area contributed by atoms with E-state index < -0.39 is 0 Å². The number of carbonyl (C=O) groups excluding carboxylic acids is 1. The summed E-state index contributed by atoms with van der Waals surface area (Å²) in [7, 11) is 0. The summed E-state index contributed by atoms with van der Waals surface area (Å²) >= 11 is 0. The molecule has 1 aliphatic heterocycles. The van der Waals surface area contributed by atoms with Gasteiger partial charge in [-0.1, -0.05) is 12.8 Å². The minimum Gasteiger partial charge on any atom is -0.353 e. The molecule has 5 heteroatoms. The van der Waals surface area contributed by atoms with Crippen molar-refractivity contribution in [2.24, 2.45) is 0 Å². The molecule has 1 atom stereocenters. The van der Waals surface area contributed by atoms with Gasteiger partial charge in [0.1, 0.15) is 5.82 Å². The van der Waals surface area contributed by atoms with Crippen molar-refractivity contribution in [2.75, 3.05) is 6.54 Å². The summed E-state index contributed by atoms with van der Waals surface area (Å²) < 4.78 is 2.26. The Morgan fingerprint density at radius 1 is 1.27 bits per heavy atom. The highest BCUT2D eigenvalue weighted by molar-refractivity contribution is 5.78. The minimum atomic E-state index is 0.123. The third-order valence-corrected chi connectivity index (χ3v) is 5.41. The second-order valence-corrected chi connectivity index (χ2v) is 7.15. The summed E-state index contributed by atoms with van der Waals surface area (Å²) in [4.78, 5) is 19.4. The van der Waals surface area contributed by atoms with Crippen LogP contribution in [-0.4, -0.2) is 39.0 Å². The number of hydrogen-bond acceptors (Lipinski definition) is 3. The fourth-order valence-corrected chi connectivity index (χ4v) is 4.05. The standard InChI is InChI=1S/C17H26N4O/c1-12-17-19-14(10-16(22)18-13-6-7-13)11-20(17)8-9-21(12)15-4-2-3-5-15/h11-13,15H,2-10H2,1H3,(H,18,22)/t12-/m1/s1. The van der Waals surface area contributed by atoms with Crippen LogP contribution in [0.25, 0.3) is 0 Å². The number of nitrogens with zero attached hydrogens (tertiary/aromatic N) is 3. The molecule has 2 heterocycles. The quantitative estimate of drug-likeness (QED) is 0.926. The number of hydrogen-bond donors (Lipinski definition) is 1. The smallest absolute Gasteiger partial charge is 0.226 e. The highest BCUT2D eigenvalue weighted by atomic mass is 16.1. The van der Waals surface area contributed by atoms with E-state index in [1.807, 2.05) is 0 Å². The van der Waals surface area contributed by atoms with Gasteiger partial charge in [-0.2, -0.15) is 0 Å². The molecule has 1 aromatic heterocycles. The molecule has 0 spiro atoms. The second-order valence-electron chi connectivity index (χ2n) is 7.15. The molecule has 4 rings (SSSR count). The van der Waals surface area contributed by atoms with E-state index in [9.17, 15) is 4.79 Å². The zero-order valence-corrected chi connectivity index (χ0v) is 13.4. The first-order valence-electron chi connectivity index (χ1n) is 8.82. The van der Waals surface area contributed by atoms with E-state index in [-0.39, 0.29) is 5.91 Å². The molecule has 5 nitrogen and oxygen atoms in total. The van der Waals surface area contributed by atoms with Crippen molar-refractivity contribution in [3.05, 3.63) is 17.7 Å². The summed E-state index contributed by atoms with van der Waals surface area (Å²) in [6.07, 6.45) is 10.2. The summed E-state index contributed by atoms with van der Waals surface area (Å²) in [5.74, 6) is 1.27. The largest absolute Gasteiger partial charge is 0.353 e. The molecule has 2 fully saturated rings. The zero-order chi connectivity index (χ0) is 15.1. The molecule has 3 aliphatic rings. The number of aromatic nitrogens is 2. The zero-order valence-electron chi connectivity index (χ0n) is 13.4. The monoisotopic (exact) mass is 302 g/mol. The van der Waals surface area contributed by atoms with E-state index >= 15 is 0 Å². The number of rotatable bonds is 4. The number of amides is 1. The third kappa shape index (κ3) is 2.78. The maximum Gasteiger partial charge on any atom is 0.226 e. The van der Waals surface area contributed by atoms with Crippen molar-refractivity contribution in [1.82, 2.24) is 19.8 Å². The summed E-state index contributed by atoms with van der Waals surface area (Å²) in [6.45, 7) is 4.39. The predicted octanol–water partition coefficient (Wildman–Crippen LogP) is 2.02. The van der Waals surface area contributed by atoms with Crippen LogP contribution < -0.4 is 5.32 Å². The molecule has 2 aliphatic carbocycles. The van der Waals surface area contributed by atoms with Gasteiger partial charge in [0.2, 0.25) is 5.91 Å². The first kappa shape index (κ1) is 14.2. The topological polar surface area (TPSA) is 50.2 Å². The SMILES string of the molecule is C[C@@H]1c2nc(CC(=O)NC3CC3)cn2CCN1C1CCCC1. The van der Waals surface area contributed by atoms with Gasteiger partial charge >= 0.3 is 0 Å². The molecule has 2 saturated carbocycles. The lowest BCUT2D eigenvalue weighted by Crippen LogP contribution is -2.42.